The maximum atomic E-state index is 11.7. The molecular formula is C16H19N7O6. The number of imidazole rings is 2. The molecule has 4 unspecified atom stereocenters. The van der Waals surface area contributed by atoms with E-state index < -0.39 is 43.2 Å². The highest BCUT2D eigenvalue weighted by Gasteiger charge is 2.44. The molecule has 13 nitrogen and oxygen atoms in total. The topological polar surface area (TPSA) is 192 Å². The summed E-state index contributed by atoms with van der Waals surface area (Å²) in [5, 5.41) is 41.8. The first-order valence-corrected chi connectivity index (χ1v) is 8.76. The number of aliphatic carboxylic acids is 1. The Hall–Kier alpha value is -3.13. The third kappa shape index (κ3) is 3.51. The second kappa shape index (κ2) is 7.71. The number of nitrogens with one attached hydrogen (secondary N) is 2. The second-order valence-electron chi connectivity index (χ2n) is 6.58. The number of carboxylic acid groups (broad SMARTS) is 1. The molecule has 0 aliphatic carbocycles. The monoisotopic (exact) mass is 405 g/mol. The summed E-state index contributed by atoms with van der Waals surface area (Å²) in [6.07, 6.45) is 1.19. The highest BCUT2D eigenvalue weighted by atomic mass is 16.6. The van der Waals surface area contributed by atoms with E-state index in [1.54, 1.807) is 6.20 Å². The number of anilines is 1. The molecule has 3 aromatic heterocycles. The van der Waals surface area contributed by atoms with E-state index >= 15 is 0 Å². The van der Waals surface area contributed by atoms with Gasteiger partial charge in [0, 0.05) is 12.6 Å². The Labute approximate surface area is 163 Å². The van der Waals surface area contributed by atoms with E-state index in [0.29, 0.717) is 5.69 Å². The Morgan fingerprint density at radius 1 is 1.28 bits per heavy atom. The van der Waals surface area contributed by atoms with Crippen molar-refractivity contribution in [3.05, 3.63) is 30.9 Å². The van der Waals surface area contributed by atoms with Crippen molar-refractivity contribution in [1.82, 2.24) is 29.5 Å². The molecule has 154 valence electrons. The molecule has 0 aromatic carbocycles. The fourth-order valence-corrected chi connectivity index (χ4v) is 3.23. The van der Waals surface area contributed by atoms with Gasteiger partial charge in [-0.1, -0.05) is 0 Å². The van der Waals surface area contributed by atoms with E-state index in [2.05, 4.69) is 30.2 Å². The highest BCUT2D eigenvalue weighted by Crippen LogP contribution is 2.32. The Morgan fingerprint density at radius 3 is 2.76 bits per heavy atom. The zero-order valence-electron chi connectivity index (χ0n) is 15.0. The lowest BCUT2D eigenvalue weighted by molar-refractivity contribution is -0.137. The lowest BCUT2D eigenvalue weighted by Crippen LogP contribution is -2.33. The van der Waals surface area contributed by atoms with Crippen molar-refractivity contribution in [3.8, 4) is 0 Å². The number of carboxylic acids is 1. The van der Waals surface area contributed by atoms with Crippen LogP contribution in [0, 0.1) is 0 Å². The van der Waals surface area contributed by atoms with Crippen LogP contribution in [0.1, 0.15) is 11.9 Å². The molecule has 0 radical (unpaired) electrons. The van der Waals surface area contributed by atoms with E-state index in [4.69, 9.17) is 4.74 Å². The summed E-state index contributed by atoms with van der Waals surface area (Å²) in [5.74, 6) is -0.911. The number of ether oxygens (including phenoxy) is 1. The molecule has 1 saturated heterocycles. The molecule has 13 heteroatoms. The normalized spacial score (nSPS) is 25.3. The van der Waals surface area contributed by atoms with Crippen LogP contribution in [0.2, 0.25) is 0 Å². The fourth-order valence-electron chi connectivity index (χ4n) is 3.23. The number of aliphatic hydroxyl groups excluding tert-OH is 3. The van der Waals surface area contributed by atoms with Crippen LogP contribution in [0.4, 0.5) is 5.82 Å². The van der Waals surface area contributed by atoms with Crippen LogP contribution in [-0.2, 0) is 16.0 Å². The maximum Gasteiger partial charge on any atom is 0.326 e. The summed E-state index contributed by atoms with van der Waals surface area (Å²) in [5.41, 5.74) is 1.09. The number of carbonyl (C=O) groups is 1. The number of hydrogen-bond acceptors (Lipinski definition) is 10. The van der Waals surface area contributed by atoms with Crippen LogP contribution in [0.15, 0.2) is 25.2 Å². The van der Waals surface area contributed by atoms with Gasteiger partial charge in [0.25, 0.3) is 0 Å². The van der Waals surface area contributed by atoms with Gasteiger partial charge in [0.1, 0.15) is 30.7 Å². The Kier molecular flexibility index (Phi) is 5.10. The molecule has 1 aliphatic heterocycles. The SMILES string of the molecule is O=C(O)[C@H](Cc1c[nH]cn1)Nc1ncnc2c1ncn2C1OC(CO)C(O)C1O. The molecule has 1 fully saturated rings. The zero-order chi connectivity index (χ0) is 20.5. The summed E-state index contributed by atoms with van der Waals surface area (Å²) in [6, 6.07) is -1.02. The van der Waals surface area contributed by atoms with Gasteiger partial charge in [0.2, 0.25) is 0 Å². The van der Waals surface area contributed by atoms with Gasteiger partial charge < -0.3 is 35.5 Å². The Morgan fingerprint density at radius 2 is 2.10 bits per heavy atom. The van der Waals surface area contributed by atoms with Crippen molar-refractivity contribution < 1.29 is 30.0 Å². The minimum Gasteiger partial charge on any atom is -0.480 e. The van der Waals surface area contributed by atoms with Gasteiger partial charge in [-0.05, 0) is 0 Å². The molecule has 1 aliphatic rings. The first-order chi connectivity index (χ1) is 14.0. The lowest BCUT2D eigenvalue weighted by atomic mass is 10.1. The molecule has 0 bridgehead atoms. The third-order valence-corrected chi connectivity index (χ3v) is 4.73. The molecule has 3 aromatic rings. The number of nitrogens with zero attached hydrogens (tertiary/aromatic N) is 5. The maximum absolute atomic E-state index is 11.7. The minimum absolute atomic E-state index is 0.111. The second-order valence-corrected chi connectivity index (χ2v) is 6.58. The Bertz CT molecular complexity index is 993. The van der Waals surface area contributed by atoms with Gasteiger partial charge >= 0.3 is 5.97 Å². The summed E-state index contributed by atoms with van der Waals surface area (Å²) >= 11 is 0. The molecule has 29 heavy (non-hydrogen) atoms. The van der Waals surface area contributed by atoms with Crippen molar-refractivity contribution >= 4 is 23.0 Å². The predicted octanol–water partition coefficient (Wildman–Crippen LogP) is -1.73. The summed E-state index contributed by atoms with van der Waals surface area (Å²) in [6.45, 7) is -0.462. The van der Waals surface area contributed by atoms with Crippen molar-refractivity contribution in [3.63, 3.8) is 0 Å². The first kappa shape index (κ1) is 19.2. The van der Waals surface area contributed by atoms with Gasteiger partial charge in [0.05, 0.1) is 25.0 Å². The van der Waals surface area contributed by atoms with E-state index in [1.165, 1.54) is 23.5 Å². The molecule has 0 spiro atoms. The molecule has 6 N–H and O–H groups in total. The number of rotatable bonds is 7. The van der Waals surface area contributed by atoms with Crippen LogP contribution in [0.5, 0.6) is 0 Å². The number of aromatic amines is 1. The van der Waals surface area contributed by atoms with Gasteiger partial charge in [-0.15, -0.1) is 0 Å². The lowest BCUT2D eigenvalue weighted by Gasteiger charge is -2.17. The van der Waals surface area contributed by atoms with E-state index in [1.807, 2.05) is 0 Å². The molecule has 4 heterocycles. The van der Waals surface area contributed by atoms with E-state index in [9.17, 15) is 25.2 Å². The van der Waals surface area contributed by atoms with Crippen LogP contribution in [0.3, 0.4) is 0 Å². The summed E-state index contributed by atoms with van der Waals surface area (Å²) in [4.78, 5) is 30.9. The number of hydrogen-bond donors (Lipinski definition) is 6. The van der Waals surface area contributed by atoms with Crippen LogP contribution < -0.4 is 5.32 Å². The van der Waals surface area contributed by atoms with Crippen molar-refractivity contribution in [2.45, 2.75) is 37.0 Å². The molecular weight excluding hydrogens is 386 g/mol. The first-order valence-electron chi connectivity index (χ1n) is 8.76. The Balaban J connectivity index is 1.63. The van der Waals surface area contributed by atoms with E-state index in [-0.39, 0.29) is 23.4 Å². The average molecular weight is 405 g/mol. The number of aliphatic hydroxyl groups is 3. The van der Waals surface area contributed by atoms with Gasteiger partial charge in [-0.25, -0.2) is 24.7 Å². The summed E-state index contributed by atoms with van der Waals surface area (Å²) in [7, 11) is 0. The van der Waals surface area contributed by atoms with Crippen molar-refractivity contribution in [2.75, 3.05) is 11.9 Å². The smallest absolute Gasteiger partial charge is 0.326 e. The molecule has 0 saturated carbocycles. The molecule has 5 atom stereocenters. The highest BCUT2D eigenvalue weighted by molar-refractivity contribution is 5.86. The minimum atomic E-state index is -1.30. The largest absolute Gasteiger partial charge is 0.480 e. The van der Waals surface area contributed by atoms with Crippen LogP contribution in [-0.4, -0.2) is 86.8 Å². The van der Waals surface area contributed by atoms with Gasteiger partial charge in [0.15, 0.2) is 23.2 Å². The standard InChI is InChI=1S/C16H19N7O6/c24-3-9-11(25)12(26)15(29-9)23-6-21-10-13(19-5-20-14(10)23)22-8(16(27)28)1-7-2-17-4-18-7/h2,4-6,8-9,11-12,15,24-26H,1,3H2,(H,17,18)(H,27,28)(H,19,20,22)/t8-,9?,11?,12?,15?/m0/s1. The van der Waals surface area contributed by atoms with Crippen LogP contribution >= 0.6 is 0 Å². The van der Waals surface area contributed by atoms with Crippen molar-refractivity contribution in [2.24, 2.45) is 0 Å². The van der Waals surface area contributed by atoms with E-state index in [0.717, 1.165) is 0 Å². The average Bonchev–Trinajstić information content (AvgIpc) is 3.42. The fraction of sp³-hybridized carbons (Fsp3) is 0.438. The van der Waals surface area contributed by atoms with Crippen molar-refractivity contribution in [1.29, 1.82) is 0 Å². The quantitative estimate of drug-likeness (QED) is 0.262. The molecule has 4 rings (SSSR count). The van der Waals surface area contributed by atoms with Gasteiger partial charge in [-0.3, -0.25) is 4.57 Å². The van der Waals surface area contributed by atoms with Gasteiger partial charge in [-0.2, -0.15) is 0 Å². The third-order valence-electron chi connectivity index (χ3n) is 4.73. The predicted molar refractivity (Wildman–Crippen MR) is 95.7 cm³/mol. The number of fused-ring (bicyclic) bond motifs is 1. The zero-order valence-corrected chi connectivity index (χ0v) is 15.0. The van der Waals surface area contributed by atoms with Crippen LogP contribution in [0.25, 0.3) is 11.2 Å². The number of H-pyrrole nitrogens is 1. The summed E-state index contributed by atoms with van der Waals surface area (Å²) < 4.78 is 6.90. The number of aromatic nitrogens is 6. The molecule has 0 amide bonds.